The Hall–Kier alpha value is -3.72. The maximum atomic E-state index is 15.3. The average Bonchev–Trinajstić information content (AvgIpc) is 2.85. The molecule has 4 aromatic rings. The zero-order valence-electron chi connectivity index (χ0n) is 22.8. The van der Waals surface area contributed by atoms with E-state index in [0.29, 0.717) is 11.1 Å². The van der Waals surface area contributed by atoms with Gasteiger partial charge in [0.2, 0.25) is 0 Å². The van der Waals surface area contributed by atoms with Crippen molar-refractivity contribution in [1.82, 2.24) is 0 Å². The van der Waals surface area contributed by atoms with Crippen molar-refractivity contribution in [2.45, 2.75) is 51.7 Å². The molecule has 0 unspecified atom stereocenters. The van der Waals surface area contributed by atoms with Crippen LogP contribution in [0, 0.1) is 41.8 Å². The van der Waals surface area contributed by atoms with Gasteiger partial charge in [-0.1, -0.05) is 50.2 Å². The van der Waals surface area contributed by atoms with Crippen molar-refractivity contribution in [2.24, 2.45) is 0 Å². The smallest absolute Gasteiger partial charge is 0.305 e. The molecule has 0 heterocycles. The van der Waals surface area contributed by atoms with E-state index in [-0.39, 0.29) is 22.3 Å². The second-order valence-corrected chi connectivity index (χ2v) is 10.8. The maximum Gasteiger partial charge on any atom is 0.389 e. The number of alkyl halides is 2. The number of rotatable bonds is 7. The Bertz CT molecular complexity index is 1580. The van der Waals surface area contributed by atoms with Crippen LogP contribution in [-0.4, -0.2) is 0 Å². The standard InChI is InChI=1S/C32H26F8O/c1-17-8-6-7-9-21(17)18-12-24(34)28(25(35)13-18)32(39,40)41-31(4,5)19-10-11-22(23(33)14-19)30(2,3)20-15-26(36)29(38)27(37)16-20/h6-16H,1-5H3. The summed E-state index contributed by atoms with van der Waals surface area (Å²) in [5.41, 5.74) is -3.95. The first-order valence-corrected chi connectivity index (χ1v) is 12.5. The minimum absolute atomic E-state index is 0.0670. The Labute approximate surface area is 232 Å². The van der Waals surface area contributed by atoms with Gasteiger partial charge in [-0.2, -0.15) is 8.78 Å². The van der Waals surface area contributed by atoms with Gasteiger partial charge in [0.05, 0.1) is 5.60 Å². The molecular weight excluding hydrogens is 552 g/mol. The molecule has 0 N–H and O–H groups in total. The highest BCUT2D eigenvalue weighted by Gasteiger charge is 2.45. The van der Waals surface area contributed by atoms with Gasteiger partial charge in [-0.3, -0.25) is 0 Å². The topological polar surface area (TPSA) is 9.23 Å². The fourth-order valence-corrected chi connectivity index (χ4v) is 4.80. The minimum Gasteiger partial charge on any atom is -0.305 e. The van der Waals surface area contributed by atoms with Gasteiger partial charge in [0, 0.05) is 5.41 Å². The van der Waals surface area contributed by atoms with Crippen LogP contribution in [0.15, 0.2) is 66.7 Å². The van der Waals surface area contributed by atoms with Gasteiger partial charge in [0.1, 0.15) is 23.0 Å². The molecule has 4 rings (SSSR count). The molecule has 0 aliphatic heterocycles. The van der Waals surface area contributed by atoms with Crippen molar-refractivity contribution in [3.05, 3.63) is 129 Å². The summed E-state index contributed by atoms with van der Waals surface area (Å²) in [5.74, 6) is -8.55. The van der Waals surface area contributed by atoms with Crippen LogP contribution in [-0.2, 0) is 21.9 Å². The second-order valence-electron chi connectivity index (χ2n) is 10.8. The third kappa shape index (κ3) is 5.73. The molecule has 0 bridgehead atoms. The number of ether oxygens (including phenoxy) is 1. The van der Waals surface area contributed by atoms with Gasteiger partial charge in [-0.25, -0.2) is 26.3 Å². The van der Waals surface area contributed by atoms with Gasteiger partial charge in [0.25, 0.3) is 0 Å². The summed E-state index contributed by atoms with van der Waals surface area (Å²) < 4.78 is 122. The molecule has 216 valence electrons. The molecule has 0 amide bonds. The van der Waals surface area contributed by atoms with Crippen LogP contribution in [0.5, 0.6) is 0 Å². The van der Waals surface area contributed by atoms with Gasteiger partial charge < -0.3 is 4.74 Å². The van der Waals surface area contributed by atoms with E-state index in [1.807, 2.05) is 0 Å². The monoisotopic (exact) mass is 578 g/mol. The van der Waals surface area contributed by atoms with Crippen LogP contribution in [0.4, 0.5) is 35.1 Å². The van der Waals surface area contributed by atoms with Crippen LogP contribution in [0.25, 0.3) is 11.1 Å². The molecule has 0 aromatic heterocycles. The summed E-state index contributed by atoms with van der Waals surface area (Å²) in [6.45, 7) is 6.94. The highest BCUT2D eigenvalue weighted by molar-refractivity contribution is 5.67. The number of hydrogen-bond acceptors (Lipinski definition) is 1. The van der Waals surface area contributed by atoms with Crippen LogP contribution in [0.2, 0.25) is 0 Å². The molecule has 0 atom stereocenters. The van der Waals surface area contributed by atoms with Crippen LogP contribution < -0.4 is 0 Å². The normalized spacial score (nSPS) is 12.6. The molecule has 0 aliphatic rings. The van der Waals surface area contributed by atoms with E-state index in [9.17, 15) is 22.0 Å². The molecule has 0 saturated heterocycles. The van der Waals surface area contributed by atoms with Crippen LogP contribution in [0.3, 0.4) is 0 Å². The van der Waals surface area contributed by atoms with Crippen molar-refractivity contribution in [1.29, 1.82) is 0 Å². The molecule has 0 aliphatic carbocycles. The molecule has 0 saturated carbocycles. The largest absolute Gasteiger partial charge is 0.389 e. The second kappa shape index (κ2) is 10.6. The minimum atomic E-state index is -4.46. The number of benzene rings is 4. The fourth-order valence-electron chi connectivity index (χ4n) is 4.80. The number of hydrogen-bond donors (Lipinski definition) is 0. The molecule has 1 nitrogen and oxygen atoms in total. The molecule has 0 fully saturated rings. The summed E-state index contributed by atoms with van der Waals surface area (Å²) in [6.07, 6.45) is -4.46. The lowest BCUT2D eigenvalue weighted by atomic mass is 9.77. The lowest BCUT2D eigenvalue weighted by Crippen LogP contribution is -2.33. The highest BCUT2D eigenvalue weighted by Crippen LogP contribution is 2.43. The molecule has 9 heteroatoms. The van der Waals surface area contributed by atoms with Gasteiger partial charge >= 0.3 is 6.11 Å². The fraction of sp³-hybridized carbons (Fsp3) is 0.250. The van der Waals surface area contributed by atoms with Crippen LogP contribution in [0.1, 0.15) is 55.5 Å². The van der Waals surface area contributed by atoms with Gasteiger partial charge in [-0.05, 0) is 84.5 Å². The van der Waals surface area contributed by atoms with E-state index in [2.05, 4.69) is 0 Å². The zero-order valence-corrected chi connectivity index (χ0v) is 22.8. The molecule has 0 radical (unpaired) electrons. The molecular formula is C32H26F8O. The summed E-state index contributed by atoms with van der Waals surface area (Å²) in [7, 11) is 0. The van der Waals surface area contributed by atoms with E-state index in [0.717, 1.165) is 30.3 Å². The predicted molar refractivity (Wildman–Crippen MR) is 139 cm³/mol. The lowest BCUT2D eigenvalue weighted by molar-refractivity contribution is -0.304. The van der Waals surface area contributed by atoms with Crippen molar-refractivity contribution in [3.63, 3.8) is 0 Å². The Balaban J connectivity index is 1.66. The van der Waals surface area contributed by atoms with E-state index in [4.69, 9.17) is 4.74 Å². The third-order valence-corrected chi connectivity index (χ3v) is 7.22. The number of aryl methyl sites for hydroxylation is 1. The lowest BCUT2D eigenvalue weighted by Gasteiger charge is -2.32. The Morgan fingerprint density at radius 2 is 1.15 bits per heavy atom. The highest BCUT2D eigenvalue weighted by atomic mass is 19.3. The summed E-state index contributed by atoms with van der Waals surface area (Å²) in [5, 5.41) is 0. The quantitative estimate of drug-likeness (QED) is 0.157. The summed E-state index contributed by atoms with van der Waals surface area (Å²) in [4.78, 5) is 0. The van der Waals surface area contributed by atoms with Crippen molar-refractivity contribution in [2.75, 3.05) is 0 Å². The average molecular weight is 579 g/mol. The Kier molecular flexibility index (Phi) is 7.82. The number of halogens is 8. The predicted octanol–water partition coefficient (Wildman–Crippen LogP) is 9.82. The summed E-state index contributed by atoms with van der Waals surface area (Å²) >= 11 is 0. The maximum absolute atomic E-state index is 15.3. The first kappa shape index (κ1) is 30.2. The van der Waals surface area contributed by atoms with Crippen molar-refractivity contribution < 1.29 is 39.9 Å². The van der Waals surface area contributed by atoms with E-state index in [1.165, 1.54) is 39.8 Å². The Morgan fingerprint density at radius 1 is 0.610 bits per heavy atom. The molecule has 4 aromatic carbocycles. The van der Waals surface area contributed by atoms with Crippen LogP contribution >= 0.6 is 0 Å². The van der Waals surface area contributed by atoms with E-state index in [1.54, 1.807) is 31.2 Å². The first-order chi connectivity index (χ1) is 19.0. The van der Waals surface area contributed by atoms with E-state index < -0.39 is 57.6 Å². The van der Waals surface area contributed by atoms with Crippen molar-refractivity contribution >= 4 is 0 Å². The Morgan fingerprint density at radius 3 is 1.68 bits per heavy atom. The SMILES string of the molecule is Cc1ccccc1-c1cc(F)c(C(F)(F)OC(C)(C)c2ccc(C(C)(C)c3cc(F)c(F)c(F)c3)c(F)c2)c(F)c1. The first-order valence-electron chi connectivity index (χ1n) is 12.5. The molecule has 41 heavy (non-hydrogen) atoms. The van der Waals surface area contributed by atoms with Crippen molar-refractivity contribution in [3.8, 4) is 11.1 Å². The molecule has 0 spiro atoms. The van der Waals surface area contributed by atoms with Gasteiger partial charge in [0.15, 0.2) is 17.5 Å². The van der Waals surface area contributed by atoms with Gasteiger partial charge in [-0.15, -0.1) is 0 Å². The zero-order chi connectivity index (χ0) is 30.5. The third-order valence-electron chi connectivity index (χ3n) is 7.22. The van der Waals surface area contributed by atoms with E-state index >= 15 is 13.2 Å². The summed E-state index contributed by atoms with van der Waals surface area (Å²) in [6, 6.07) is 13.1.